The number of likely N-dealkylation sites (tertiary alicyclic amines) is 1. The molecule has 7 heteroatoms. The van der Waals surface area contributed by atoms with Gasteiger partial charge in [-0.15, -0.1) is 11.3 Å². The molecule has 1 aliphatic carbocycles. The highest BCUT2D eigenvalue weighted by molar-refractivity contribution is 7.09. The van der Waals surface area contributed by atoms with Crippen molar-refractivity contribution in [1.82, 2.24) is 15.2 Å². The summed E-state index contributed by atoms with van der Waals surface area (Å²) in [7, 11) is 0. The van der Waals surface area contributed by atoms with Crippen molar-refractivity contribution in [2.45, 2.75) is 38.1 Å². The van der Waals surface area contributed by atoms with Crippen LogP contribution in [-0.4, -0.2) is 41.4 Å². The van der Waals surface area contributed by atoms with Crippen LogP contribution in [0.25, 0.3) is 0 Å². The molecule has 2 aliphatic rings. The summed E-state index contributed by atoms with van der Waals surface area (Å²) in [5, 5.41) is 6.11. The lowest BCUT2D eigenvalue weighted by molar-refractivity contribution is -0.134. The molecule has 1 saturated heterocycles. The predicted molar refractivity (Wildman–Crippen MR) is 107 cm³/mol. The maximum absolute atomic E-state index is 12.4. The minimum atomic E-state index is 0.0323. The van der Waals surface area contributed by atoms with Crippen LogP contribution in [-0.2, 0) is 16.1 Å². The van der Waals surface area contributed by atoms with Crippen molar-refractivity contribution in [2.75, 3.05) is 19.7 Å². The number of nitrogens with one attached hydrogen (secondary N) is 1. The zero-order valence-corrected chi connectivity index (χ0v) is 16.6. The SMILES string of the molecule is O=C(NCc1csc(C2CCN(C(=O)COc3ccccc3)CC2)n1)C1CC1. The first-order valence-electron chi connectivity index (χ1n) is 9.86. The van der Waals surface area contributed by atoms with Crippen LogP contribution in [0.15, 0.2) is 35.7 Å². The van der Waals surface area contributed by atoms with Crippen molar-refractivity contribution in [3.63, 3.8) is 0 Å². The zero-order chi connectivity index (χ0) is 19.3. The molecule has 148 valence electrons. The maximum Gasteiger partial charge on any atom is 0.260 e. The van der Waals surface area contributed by atoms with Gasteiger partial charge in [0.25, 0.3) is 5.91 Å². The summed E-state index contributed by atoms with van der Waals surface area (Å²) in [6.45, 7) is 2.06. The van der Waals surface area contributed by atoms with Gasteiger partial charge in [-0.3, -0.25) is 9.59 Å². The molecular formula is C21H25N3O3S. The van der Waals surface area contributed by atoms with E-state index in [9.17, 15) is 9.59 Å². The van der Waals surface area contributed by atoms with E-state index in [0.29, 0.717) is 12.5 Å². The van der Waals surface area contributed by atoms with Crippen molar-refractivity contribution in [3.8, 4) is 5.75 Å². The highest BCUT2D eigenvalue weighted by Gasteiger charge is 2.29. The number of amides is 2. The number of nitrogens with zero attached hydrogens (tertiary/aromatic N) is 2. The highest BCUT2D eigenvalue weighted by Crippen LogP contribution is 2.31. The second-order valence-electron chi connectivity index (χ2n) is 7.43. The largest absolute Gasteiger partial charge is 0.484 e. The van der Waals surface area contributed by atoms with E-state index in [2.05, 4.69) is 5.32 Å². The van der Waals surface area contributed by atoms with E-state index in [1.165, 1.54) is 0 Å². The van der Waals surface area contributed by atoms with Gasteiger partial charge in [-0.25, -0.2) is 4.98 Å². The molecule has 0 unspecified atom stereocenters. The Kier molecular flexibility index (Phi) is 5.90. The van der Waals surface area contributed by atoms with Gasteiger partial charge >= 0.3 is 0 Å². The normalized spacial score (nSPS) is 17.4. The highest BCUT2D eigenvalue weighted by atomic mass is 32.1. The van der Waals surface area contributed by atoms with Crippen molar-refractivity contribution in [3.05, 3.63) is 46.4 Å². The fourth-order valence-corrected chi connectivity index (χ4v) is 4.38. The Morgan fingerprint density at radius 3 is 2.61 bits per heavy atom. The van der Waals surface area contributed by atoms with E-state index in [1.807, 2.05) is 40.6 Å². The summed E-state index contributed by atoms with van der Waals surface area (Å²) in [5.41, 5.74) is 0.934. The molecule has 1 saturated carbocycles. The molecule has 0 bridgehead atoms. The summed E-state index contributed by atoms with van der Waals surface area (Å²) >= 11 is 1.66. The molecule has 0 spiro atoms. The van der Waals surface area contributed by atoms with Crippen LogP contribution in [0.3, 0.4) is 0 Å². The van der Waals surface area contributed by atoms with Crippen molar-refractivity contribution < 1.29 is 14.3 Å². The van der Waals surface area contributed by atoms with Gasteiger partial charge < -0.3 is 15.0 Å². The number of hydrogen-bond donors (Lipinski definition) is 1. The maximum atomic E-state index is 12.4. The number of benzene rings is 1. The van der Waals surface area contributed by atoms with Gasteiger partial charge in [0.15, 0.2) is 6.61 Å². The van der Waals surface area contributed by atoms with E-state index in [1.54, 1.807) is 11.3 Å². The number of carbonyl (C=O) groups excluding carboxylic acids is 2. The summed E-state index contributed by atoms with van der Waals surface area (Å²) < 4.78 is 5.57. The van der Waals surface area contributed by atoms with Gasteiger partial charge in [-0.2, -0.15) is 0 Å². The average Bonchev–Trinajstić information content (AvgIpc) is 3.49. The van der Waals surface area contributed by atoms with Crippen molar-refractivity contribution >= 4 is 23.2 Å². The fourth-order valence-electron chi connectivity index (χ4n) is 3.39. The van der Waals surface area contributed by atoms with Gasteiger partial charge in [-0.1, -0.05) is 18.2 Å². The molecule has 2 fully saturated rings. The van der Waals surface area contributed by atoms with Crippen LogP contribution >= 0.6 is 11.3 Å². The number of rotatable bonds is 7. The summed E-state index contributed by atoms with van der Waals surface area (Å²) in [6.07, 6.45) is 3.86. The molecule has 1 aromatic heterocycles. The molecule has 4 rings (SSSR count). The van der Waals surface area contributed by atoms with Crippen LogP contribution in [0.4, 0.5) is 0 Å². The van der Waals surface area contributed by atoms with E-state index in [-0.39, 0.29) is 24.3 Å². The summed E-state index contributed by atoms with van der Waals surface area (Å²) in [5.74, 6) is 1.52. The van der Waals surface area contributed by atoms with E-state index >= 15 is 0 Å². The Hall–Kier alpha value is -2.41. The van der Waals surface area contributed by atoms with E-state index in [4.69, 9.17) is 9.72 Å². The minimum Gasteiger partial charge on any atom is -0.484 e. The van der Waals surface area contributed by atoms with E-state index < -0.39 is 0 Å². The lowest BCUT2D eigenvalue weighted by Gasteiger charge is -2.31. The van der Waals surface area contributed by atoms with Gasteiger partial charge in [0.2, 0.25) is 5.91 Å². The Balaban J connectivity index is 1.21. The quantitative estimate of drug-likeness (QED) is 0.777. The average molecular weight is 400 g/mol. The number of carbonyl (C=O) groups is 2. The van der Waals surface area contributed by atoms with Crippen molar-refractivity contribution in [2.24, 2.45) is 5.92 Å². The molecule has 2 aromatic rings. The molecule has 2 heterocycles. The number of piperidine rings is 1. The topological polar surface area (TPSA) is 71.5 Å². The monoisotopic (exact) mass is 399 g/mol. The third-order valence-electron chi connectivity index (χ3n) is 5.26. The lowest BCUT2D eigenvalue weighted by atomic mass is 9.97. The standard InChI is InChI=1S/C21H25N3O3S/c25-19(13-27-18-4-2-1-3-5-18)24-10-8-16(9-11-24)21-23-17(14-28-21)12-22-20(26)15-6-7-15/h1-5,14-16H,6-13H2,(H,22,26). The number of aromatic nitrogens is 1. The third kappa shape index (κ3) is 4.90. The first kappa shape index (κ1) is 18.9. The Bertz CT molecular complexity index is 811. The number of thiazole rings is 1. The predicted octanol–water partition coefficient (Wildman–Crippen LogP) is 2.95. The first-order valence-corrected chi connectivity index (χ1v) is 10.7. The molecular weight excluding hydrogens is 374 g/mol. The molecule has 0 atom stereocenters. The molecule has 1 aromatic carbocycles. The molecule has 0 radical (unpaired) electrons. The lowest BCUT2D eigenvalue weighted by Crippen LogP contribution is -2.40. The fraction of sp³-hybridized carbons (Fsp3) is 0.476. The number of para-hydroxylation sites is 1. The first-order chi connectivity index (χ1) is 13.7. The Morgan fingerprint density at radius 1 is 1.14 bits per heavy atom. The summed E-state index contributed by atoms with van der Waals surface area (Å²) in [4.78, 5) is 30.7. The summed E-state index contributed by atoms with van der Waals surface area (Å²) in [6, 6.07) is 9.42. The van der Waals surface area contributed by atoms with Crippen molar-refractivity contribution in [1.29, 1.82) is 0 Å². The van der Waals surface area contributed by atoms with Gasteiger partial charge in [0.1, 0.15) is 5.75 Å². The third-order valence-corrected chi connectivity index (χ3v) is 6.32. The van der Waals surface area contributed by atoms with Crippen LogP contribution in [0.2, 0.25) is 0 Å². The van der Waals surface area contributed by atoms with Gasteiger partial charge in [-0.05, 0) is 37.8 Å². The second kappa shape index (κ2) is 8.73. The molecule has 2 amide bonds. The number of hydrogen-bond acceptors (Lipinski definition) is 5. The van der Waals surface area contributed by atoms with Crippen LogP contribution < -0.4 is 10.1 Å². The Morgan fingerprint density at radius 2 is 1.89 bits per heavy atom. The molecule has 28 heavy (non-hydrogen) atoms. The Labute approximate surface area is 168 Å². The zero-order valence-electron chi connectivity index (χ0n) is 15.8. The molecule has 6 nitrogen and oxygen atoms in total. The van der Waals surface area contributed by atoms with Crippen LogP contribution in [0.5, 0.6) is 5.75 Å². The number of ether oxygens (including phenoxy) is 1. The van der Waals surface area contributed by atoms with Gasteiger partial charge in [0.05, 0.1) is 17.2 Å². The van der Waals surface area contributed by atoms with Crippen LogP contribution in [0.1, 0.15) is 42.3 Å². The minimum absolute atomic E-state index is 0.0323. The molecule has 1 aliphatic heterocycles. The van der Waals surface area contributed by atoms with Gasteiger partial charge in [0, 0.05) is 30.3 Å². The smallest absolute Gasteiger partial charge is 0.260 e. The van der Waals surface area contributed by atoms with Crippen LogP contribution in [0, 0.1) is 5.92 Å². The van der Waals surface area contributed by atoms with E-state index in [0.717, 1.165) is 55.2 Å². The second-order valence-corrected chi connectivity index (χ2v) is 8.32. The molecule has 1 N–H and O–H groups in total.